The number of nitrogens with zero attached hydrogens (tertiary/aromatic N) is 2. The van der Waals surface area contributed by atoms with Crippen molar-refractivity contribution in [2.24, 2.45) is 0 Å². The fourth-order valence-corrected chi connectivity index (χ4v) is 5.65. The van der Waals surface area contributed by atoms with Crippen molar-refractivity contribution in [1.82, 2.24) is 10.2 Å². The largest absolute Gasteiger partial charge is 0.350 e. The highest BCUT2D eigenvalue weighted by molar-refractivity contribution is 7.92. The van der Waals surface area contributed by atoms with Crippen LogP contribution in [-0.4, -0.2) is 43.3 Å². The Morgan fingerprint density at radius 2 is 1.44 bits per heavy atom. The van der Waals surface area contributed by atoms with Crippen LogP contribution in [0.2, 0.25) is 0 Å². The number of sulfonamides is 1. The highest BCUT2D eigenvalue weighted by Crippen LogP contribution is 2.27. The molecule has 0 bridgehead atoms. The third kappa shape index (κ3) is 8.39. The van der Waals surface area contributed by atoms with E-state index in [0.717, 1.165) is 15.4 Å². The molecule has 220 valence electrons. The fraction of sp³-hybridized carbons (Fsp3) is 0.375. The van der Waals surface area contributed by atoms with Gasteiger partial charge in [-0.3, -0.25) is 13.9 Å². The van der Waals surface area contributed by atoms with Crippen LogP contribution in [0.15, 0.2) is 77.7 Å². The van der Waals surface area contributed by atoms with E-state index in [9.17, 15) is 22.4 Å². The first-order valence-corrected chi connectivity index (χ1v) is 15.1. The summed E-state index contributed by atoms with van der Waals surface area (Å²) in [7, 11) is -4.15. The minimum atomic E-state index is -4.15. The maximum atomic E-state index is 14.0. The van der Waals surface area contributed by atoms with Gasteiger partial charge >= 0.3 is 0 Å². The van der Waals surface area contributed by atoms with Gasteiger partial charge in [-0.15, -0.1) is 0 Å². The van der Waals surface area contributed by atoms with E-state index in [4.69, 9.17) is 0 Å². The summed E-state index contributed by atoms with van der Waals surface area (Å²) in [6.45, 7) is 12.5. The second kappa shape index (κ2) is 12.9. The second-order valence-electron chi connectivity index (χ2n) is 11.6. The zero-order chi connectivity index (χ0) is 30.5. The second-order valence-corrected chi connectivity index (χ2v) is 13.5. The average Bonchev–Trinajstić information content (AvgIpc) is 2.90. The third-order valence-electron chi connectivity index (χ3n) is 6.67. The molecule has 3 aromatic carbocycles. The number of carbonyl (C=O) groups is 2. The topological polar surface area (TPSA) is 86.8 Å². The number of amides is 2. The summed E-state index contributed by atoms with van der Waals surface area (Å²) in [5.74, 6) is -1.15. The zero-order valence-corrected chi connectivity index (χ0v) is 25.6. The Morgan fingerprint density at radius 3 is 1.95 bits per heavy atom. The van der Waals surface area contributed by atoms with Gasteiger partial charge in [0.1, 0.15) is 18.4 Å². The molecule has 3 aromatic rings. The zero-order valence-electron chi connectivity index (χ0n) is 24.8. The number of carbonyl (C=O) groups excluding carboxylic acids is 2. The average molecular weight is 582 g/mol. The van der Waals surface area contributed by atoms with Gasteiger partial charge in [0.15, 0.2) is 0 Å². The van der Waals surface area contributed by atoms with Crippen molar-refractivity contribution in [3.63, 3.8) is 0 Å². The molecule has 0 aliphatic rings. The van der Waals surface area contributed by atoms with Gasteiger partial charge < -0.3 is 10.2 Å². The first kappa shape index (κ1) is 31.8. The molecule has 0 aromatic heterocycles. The monoisotopic (exact) mass is 581 g/mol. The molecule has 0 saturated heterocycles. The Labute approximate surface area is 243 Å². The number of benzene rings is 3. The van der Waals surface area contributed by atoms with E-state index in [1.807, 2.05) is 53.7 Å². The van der Waals surface area contributed by atoms with Gasteiger partial charge in [-0.05, 0) is 88.1 Å². The van der Waals surface area contributed by atoms with Gasteiger partial charge in [0, 0.05) is 12.1 Å². The summed E-state index contributed by atoms with van der Waals surface area (Å²) in [5, 5.41) is 2.89. The summed E-state index contributed by atoms with van der Waals surface area (Å²) < 4.78 is 42.6. The predicted octanol–water partition coefficient (Wildman–Crippen LogP) is 5.78. The molecule has 0 unspecified atom stereocenters. The van der Waals surface area contributed by atoms with Gasteiger partial charge in [-0.2, -0.15) is 0 Å². The van der Waals surface area contributed by atoms with E-state index in [1.165, 1.54) is 41.3 Å². The van der Waals surface area contributed by atoms with Gasteiger partial charge in [-0.1, -0.05) is 55.8 Å². The van der Waals surface area contributed by atoms with Gasteiger partial charge in [0.05, 0.1) is 10.6 Å². The Bertz CT molecular complexity index is 1450. The lowest BCUT2D eigenvalue weighted by Crippen LogP contribution is -2.54. The summed E-state index contributed by atoms with van der Waals surface area (Å²) >= 11 is 0. The van der Waals surface area contributed by atoms with Crippen molar-refractivity contribution >= 4 is 27.5 Å². The number of nitrogens with one attached hydrogen (secondary N) is 1. The number of hydrogen-bond donors (Lipinski definition) is 1. The van der Waals surface area contributed by atoms with Crippen molar-refractivity contribution in [3.8, 4) is 0 Å². The van der Waals surface area contributed by atoms with Crippen molar-refractivity contribution in [3.05, 3.63) is 95.3 Å². The molecule has 0 spiro atoms. The highest BCUT2D eigenvalue weighted by atomic mass is 32.2. The van der Waals surface area contributed by atoms with E-state index in [-0.39, 0.29) is 23.3 Å². The molecule has 1 N–H and O–H groups in total. The number of halogens is 1. The predicted molar refractivity (Wildman–Crippen MR) is 161 cm³/mol. The molecule has 9 heteroatoms. The maximum absolute atomic E-state index is 14.0. The SMILES string of the molecule is Cc1ccc(S(=O)(=O)N(CC(=O)N(Cc2ccc(F)cc2)[C@H](C)C(=O)NC(C)(C)C)c2ccc(C(C)C)cc2)cc1. The summed E-state index contributed by atoms with van der Waals surface area (Å²) in [5.41, 5.74) is 2.31. The normalized spacial score (nSPS) is 12.6. The van der Waals surface area contributed by atoms with Crippen LogP contribution in [-0.2, 0) is 26.2 Å². The molecule has 3 rings (SSSR count). The van der Waals surface area contributed by atoms with Crippen LogP contribution >= 0.6 is 0 Å². The standard InChI is InChI=1S/C32H40FN3O4S/c1-22(2)26-12-16-28(17-13-26)36(41(39,40)29-18-8-23(3)9-19-29)21-30(37)35(20-25-10-14-27(33)15-11-25)24(4)31(38)34-32(5,6)7/h8-19,22,24H,20-21H2,1-7H3,(H,34,38)/t24-/m1/s1. The van der Waals surface area contributed by atoms with Crippen LogP contribution in [0.5, 0.6) is 0 Å². The lowest BCUT2D eigenvalue weighted by molar-refractivity contribution is -0.140. The number of anilines is 1. The van der Waals surface area contributed by atoms with Crippen molar-refractivity contribution < 1.29 is 22.4 Å². The van der Waals surface area contributed by atoms with Crippen LogP contribution in [0.3, 0.4) is 0 Å². The van der Waals surface area contributed by atoms with Crippen molar-refractivity contribution in [1.29, 1.82) is 0 Å². The molecule has 0 fully saturated rings. The van der Waals surface area contributed by atoms with Gasteiger partial charge in [-0.25, -0.2) is 12.8 Å². The quantitative estimate of drug-likeness (QED) is 0.329. The number of rotatable bonds is 10. The highest BCUT2D eigenvalue weighted by Gasteiger charge is 2.33. The summed E-state index contributed by atoms with van der Waals surface area (Å²) in [6.07, 6.45) is 0. The lowest BCUT2D eigenvalue weighted by atomic mass is 10.0. The third-order valence-corrected chi connectivity index (χ3v) is 8.46. The van der Waals surface area contributed by atoms with Crippen LogP contribution in [0.4, 0.5) is 10.1 Å². The van der Waals surface area contributed by atoms with Gasteiger partial charge in [0.25, 0.3) is 10.0 Å². The van der Waals surface area contributed by atoms with Crippen LogP contribution in [0, 0.1) is 12.7 Å². The van der Waals surface area contributed by atoms with E-state index >= 15 is 0 Å². The summed E-state index contributed by atoms with van der Waals surface area (Å²) in [4.78, 5) is 28.5. The van der Waals surface area contributed by atoms with Crippen LogP contribution in [0.1, 0.15) is 64.2 Å². The smallest absolute Gasteiger partial charge is 0.264 e. The first-order chi connectivity index (χ1) is 19.1. The Kier molecular flexibility index (Phi) is 9.97. The number of hydrogen-bond acceptors (Lipinski definition) is 4. The molecular formula is C32H40FN3O4S. The molecule has 0 saturated carbocycles. The minimum Gasteiger partial charge on any atom is -0.350 e. The number of aryl methyl sites for hydroxylation is 1. The Balaban J connectivity index is 2.05. The molecule has 0 aliphatic heterocycles. The molecule has 1 atom stereocenters. The maximum Gasteiger partial charge on any atom is 0.264 e. The molecule has 41 heavy (non-hydrogen) atoms. The Hall–Kier alpha value is -3.72. The van der Waals surface area contributed by atoms with Crippen LogP contribution < -0.4 is 9.62 Å². The molecule has 0 radical (unpaired) electrons. The molecular weight excluding hydrogens is 541 g/mol. The van der Waals surface area contributed by atoms with E-state index in [2.05, 4.69) is 5.32 Å². The van der Waals surface area contributed by atoms with Crippen molar-refractivity contribution in [2.45, 2.75) is 77.4 Å². The fourth-order valence-electron chi connectivity index (χ4n) is 4.23. The van der Waals surface area contributed by atoms with Gasteiger partial charge in [0.2, 0.25) is 11.8 Å². The molecule has 0 heterocycles. The van der Waals surface area contributed by atoms with E-state index in [0.29, 0.717) is 11.3 Å². The molecule has 2 amide bonds. The molecule has 7 nitrogen and oxygen atoms in total. The van der Waals surface area contributed by atoms with E-state index in [1.54, 1.807) is 31.2 Å². The lowest BCUT2D eigenvalue weighted by Gasteiger charge is -2.33. The van der Waals surface area contributed by atoms with Crippen molar-refractivity contribution in [2.75, 3.05) is 10.8 Å². The van der Waals surface area contributed by atoms with Crippen LogP contribution in [0.25, 0.3) is 0 Å². The minimum absolute atomic E-state index is 0.0114. The Morgan fingerprint density at radius 1 is 0.878 bits per heavy atom. The molecule has 0 aliphatic carbocycles. The van der Waals surface area contributed by atoms with E-state index < -0.39 is 39.9 Å². The summed E-state index contributed by atoms with van der Waals surface area (Å²) in [6, 6.07) is 18.2. The first-order valence-electron chi connectivity index (χ1n) is 13.6.